The molecule has 0 aliphatic rings. The number of allylic oxidation sites excluding steroid dienone is 5. The first-order valence-corrected chi connectivity index (χ1v) is 10.6. The molecule has 0 radical (unpaired) electrons. The molecule has 0 aromatic heterocycles. The summed E-state index contributed by atoms with van der Waals surface area (Å²) in [5.41, 5.74) is 0. The zero-order chi connectivity index (χ0) is 20.2. The molecule has 0 aromatic rings. The highest BCUT2D eigenvalue weighted by Gasteiger charge is 2.20. The fraction of sp³-hybridized carbons (Fsp3) is 0.696. The number of carbonyl (C=O) groups is 1. The van der Waals surface area contributed by atoms with Gasteiger partial charge in [0.1, 0.15) is 12.2 Å². The minimum atomic E-state index is -1.57. The van der Waals surface area contributed by atoms with Crippen LogP contribution < -0.4 is 0 Å². The zero-order valence-electron chi connectivity index (χ0n) is 17.1. The van der Waals surface area contributed by atoms with Crippen LogP contribution in [0.15, 0.2) is 36.5 Å². The molecule has 27 heavy (non-hydrogen) atoms. The summed E-state index contributed by atoms with van der Waals surface area (Å²) in [4.78, 5) is 11.4. The predicted octanol–water partition coefficient (Wildman–Crippen LogP) is 4.64. The highest BCUT2D eigenvalue weighted by atomic mass is 16.4. The van der Waals surface area contributed by atoms with Gasteiger partial charge in [-0.3, -0.25) is 4.79 Å². The molecule has 0 spiro atoms. The van der Waals surface area contributed by atoms with Crippen LogP contribution in [-0.2, 0) is 4.79 Å². The van der Waals surface area contributed by atoms with E-state index in [-0.39, 0.29) is 0 Å². The van der Waals surface area contributed by atoms with E-state index in [9.17, 15) is 9.90 Å². The van der Waals surface area contributed by atoms with Crippen molar-refractivity contribution < 1.29 is 20.1 Å². The second-order valence-corrected chi connectivity index (χ2v) is 7.09. The SMILES string of the molecule is CCCCCCCCCCCCC/C=C/C=C/C=C/C(=O)C(O)C(O)CO. The van der Waals surface area contributed by atoms with Crippen molar-refractivity contribution in [3.63, 3.8) is 0 Å². The first-order valence-electron chi connectivity index (χ1n) is 10.6. The first-order chi connectivity index (χ1) is 13.1. The van der Waals surface area contributed by atoms with Gasteiger partial charge in [-0.1, -0.05) is 102 Å². The van der Waals surface area contributed by atoms with Crippen LogP contribution in [0.5, 0.6) is 0 Å². The molecule has 0 aliphatic carbocycles. The standard InChI is InChI=1S/C23H40O4/c1-2-3-4-5-6-7-8-9-10-11-12-13-14-15-16-17-18-19-21(25)23(27)22(26)20-24/h14-19,22-24,26-27H,2-13,20H2,1H3/b15-14+,17-16+,19-18+. The molecule has 2 unspecified atom stereocenters. The Bertz CT molecular complexity index is 426. The molecular formula is C23H40O4. The quantitative estimate of drug-likeness (QED) is 0.184. The largest absolute Gasteiger partial charge is 0.394 e. The molecule has 4 heteroatoms. The fourth-order valence-electron chi connectivity index (χ4n) is 2.77. The van der Waals surface area contributed by atoms with Crippen LogP contribution in [0, 0.1) is 0 Å². The lowest BCUT2D eigenvalue weighted by Gasteiger charge is -2.11. The third kappa shape index (κ3) is 16.7. The van der Waals surface area contributed by atoms with Gasteiger partial charge in [0.2, 0.25) is 0 Å². The number of aliphatic hydroxyl groups excluding tert-OH is 3. The minimum Gasteiger partial charge on any atom is -0.394 e. The van der Waals surface area contributed by atoms with Gasteiger partial charge < -0.3 is 15.3 Å². The van der Waals surface area contributed by atoms with Crippen LogP contribution in [0.4, 0.5) is 0 Å². The van der Waals surface area contributed by atoms with E-state index < -0.39 is 24.6 Å². The molecule has 0 saturated carbocycles. The van der Waals surface area contributed by atoms with Crippen LogP contribution in [-0.4, -0.2) is 39.9 Å². The Kier molecular flexibility index (Phi) is 18.6. The van der Waals surface area contributed by atoms with Crippen molar-refractivity contribution in [2.45, 2.75) is 96.2 Å². The molecule has 3 N–H and O–H groups in total. The summed E-state index contributed by atoms with van der Waals surface area (Å²) in [6.45, 7) is 1.62. The molecule has 0 rings (SSSR count). The number of hydrogen-bond donors (Lipinski definition) is 3. The Balaban J connectivity index is 3.53. The Labute approximate surface area is 165 Å². The van der Waals surface area contributed by atoms with E-state index >= 15 is 0 Å². The third-order valence-corrected chi connectivity index (χ3v) is 4.55. The van der Waals surface area contributed by atoms with Crippen LogP contribution in [0.25, 0.3) is 0 Å². The number of unbranched alkanes of at least 4 members (excludes halogenated alkanes) is 11. The molecule has 2 atom stereocenters. The average Bonchev–Trinajstić information content (AvgIpc) is 2.68. The van der Waals surface area contributed by atoms with Gasteiger partial charge in [0, 0.05) is 0 Å². The Morgan fingerprint density at radius 1 is 0.778 bits per heavy atom. The number of aliphatic hydroxyl groups is 3. The smallest absolute Gasteiger partial charge is 0.186 e. The van der Waals surface area contributed by atoms with Crippen molar-refractivity contribution >= 4 is 5.78 Å². The van der Waals surface area contributed by atoms with Gasteiger partial charge in [0.05, 0.1) is 6.61 Å². The normalized spacial score (nSPS) is 14.5. The van der Waals surface area contributed by atoms with Crippen molar-refractivity contribution in [2.75, 3.05) is 6.61 Å². The van der Waals surface area contributed by atoms with Crippen molar-refractivity contribution in [3.8, 4) is 0 Å². The number of ketones is 1. The zero-order valence-corrected chi connectivity index (χ0v) is 17.1. The topological polar surface area (TPSA) is 77.8 Å². The lowest BCUT2D eigenvalue weighted by Crippen LogP contribution is -2.35. The Morgan fingerprint density at radius 3 is 1.85 bits per heavy atom. The monoisotopic (exact) mass is 380 g/mol. The molecule has 0 fully saturated rings. The maximum atomic E-state index is 11.4. The van der Waals surface area contributed by atoms with Gasteiger partial charge in [-0.2, -0.15) is 0 Å². The number of hydrogen-bond acceptors (Lipinski definition) is 4. The maximum Gasteiger partial charge on any atom is 0.186 e. The van der Waals surface area contributed by atoms with Crippen molar-refractivity contribution in [3.05, 3.63) is 36.5 Å². The summed E-state index contributed by atoms with van der Waals surface area (Å²) in [5.74, 6) is -0.619. The summed E-state index contributed by atoms with van der Waals surface area (Å²) in [5, 5.41) is 27.2. The highest BCUT2D eigenvalue weighted by molar-refractivity contribution is 5.94. The average molecular weight is 381 g/mol. The minimum absolute atomic E-state index is 0.619. The van der Waals surface area contributed by atoms with Gasteiger partial charge in [-0.25, -0.2) is 0 Å². The molecular weight excluding hydrogens is 340 g/mol. The van der Waals surface area contributed by atoms with Gasteiger partial charge >= 0.3 is 0 Å². The van der Waals surface area contributed by atoms with E-state index in [2.05, 4.69) is 13.0 Å². The van der Waals surface area contributed by atoms with Crippen LogP contribution in [0.3, 0.4) is 0 Å². The second-order valence-electron chi connectivity index (χ2n) is 7.09. The van der Waals surface area contributed by atoms with E-state index in [1.54, 1.807) is 6.08 Å². The maximum absolute atomic E-state index is 11.4. The summed E-state index contributed by atoms with van der Waals surface area (Å²) in [6, 6.07) is 0. The van der Waals surface area contributed by atoms with E-state index in [1.165, 1.54) is 82.8 Å². The molecule has 0 bridgehead atoms. The van der Waals surface area contributed by atoms with Gasteiger partial charge in [0.15, 0.2) is 5.78 Å². The number of carbonyl (C=O) groups excluding carboxylic acids is 1. The lowest BCUT2D eigenvalue weighted by molar-refractivity contribution is -0.129. The van der Waals surface area contributed by atoms with Crippen molar-refractivity contribution in [1.82, 2.24) is 0 Å². The summed E-state index contributed by atoms with van der Waals surface area (Å²) >= 11 is 0. The van der Waals surface area contributed by atoms with Gasteiger partial charge in [-0.05, 0) is 18.9 Å². The molecule has 4 nitrogen and oxygen atoms in total. The van der Waals surface area contributed by atoms with E-state index in [0.29, 0.717) is 0 Å². The Morgan fingerprint density at radius 2 is 1.30 bits per heavy atom. The summed E-state index contributed by atoms with van der Waals surface area (Å²) in [6.07, 6.45) is 23.2. The third-order valence-electron chi connectivity index (χ3n) is 4.55. The number of rotatable bonds is 18. The van der Waals surface area contributed by atoms with Crippen LogP contribution >= 0.6 is 0 Å². The van der Waals surface area contributed by atoms with Gasteiger partial charge in [0.25, 0.3) is 0 Å². The van der Waals surface area contributed by atoms with E-state index in [4.69, 9.17) is 10.2 Å². The Hall–Kier alpha value is -1.23. The molecule has 156 valence electrons. The van der Waals surface area contributed by atoms with E-state index in [0.717, 1.165) is 6.42 Å². The van der Waals surface area contributed by atoms with Gasteiger partial charge in [-0.15, -0.1) is 0 Å². The van der Waals surface area contributed by atoms with Crippen LogP contribution in [0.1, 0.15) is 84.0 Å². The predicted molar refractivity (Wildman–Crippen MR) is 113 cm³/mol. The lowest BCUT2D eigenvalue weighted by atomic mass is 10.1. The summed E-state index contributed by atoms with van der Waals surface area (Å²) < 4.78 is 0. The molecule has 0 saturated heterocycles. The van der Waals surface area contributed by atoms with Crippen molar-refractivity contribution in [1.29, 1.82) is 0 Å². The van der Waals surface area contributed by atoms with E-state index in [1.807, 2.05) is 12.2 Å². The molecule has 0 amide bonds. The second kappa shape index (κ2) is 19.5. The first kappa shape index (κ1) is 25.8. The highest BCUT2D eigenvalue weighted by Crippen LogP contribution is 2.12. The summed E-state index contributed by atoms with van der Waals surface area (Å²) in [7, 11) is 0. The van der Waals surface area contributed by atoms with Crippen molar-refractivity contribution in [2.24, 2.45) is 0 Å². The molecule has 0 aromatic carbocycles. The van der Waals surface area contributed by atoms with Crippen LogP contribution in [0.2, 0.25) is 0 Å². The molecule has 0 heterocycles. The fourth-order valence-corrected chi connectivity index (χ4v) is 2.77. The molecule has 0 aliphatic heterocycles.